The van der Waals surface area contributed by atoms with Crippen molar-refractivity contribution in [1.82, 2.24) is 14.9 Å². The number of rotatable bonds is 5. The number of amidine groups is 1. The highest BCUT2D eigenvalue weighted by Gasteiger charge is 2.25. The zero-order valence-electron chi connectivity index (χ0n) is 17.4. The third-order valence-corrected chi connectivity index (χ3v) is 5.27. The summed E-state index contributed by atoms with van der Waals surface area (Å²) in [6.07, 6.45) is 3.52. The number of carbonyl (C=O) groups excluding carboxylic acids is 1. The minimum Gasteiger partial charge on any atom is -0.321 e. The van der Waals surface area contributed by atoms with Gasteiger partial charge in [0.15, 0.2) is 5.84 Å². The van der Waals surface area contributed by atoms with Crippen LogP contribution in [0, 0.1) is 11.8 Å². The molecule has 0 saturated carbocycles. The van der Waals surface area contributed by atoms with E-state index in [4.69, 9.17) is 11.7 Å². The Morgan fingerprint density at radius 3 is 2.66 bits per heavy atom. The number of hydrogen-bond acceptors (Lipinski definition) is 6. The quantitative estimate of drug-likeness (QED) is 0.308. The molecule has 1 aliphatic heterocycles. The van der Waals surface area contributed by atoms with Gasteiger partial charge in [-0.15, -0.1) is 0 Å². The summed E-state index contributed by atoms with van der Waals surface area (Å²) in [7, 11) is 1.68. The van der Waals surface area contributed by atoms with E-state index < -0.39 is 0 Å². The van der Waals surface area contributed by atoms with Crippen molar-refractivity contribution < 1.29 is 4.79 Å². The van der Waals surface area contributed by atoms with E-state index in [2.05, 4.69) is 34.1 Å². The van der Waals surface area contributed by atoms with E-state index in [1.807, 2.05) is 24.3 Å². The van der Waals surface area contributed by atoms with E-state index in [-0.39, 0.29) is 11.8 Å². The first-order valence-electron chi connectivity index (χ1n) is 10.1. The first-order valence-corrected chi connectivity index (χ1v) is 10.1. The smallest absolute Gasteiger partial charge is 0.228 e. The number of benzene rings is 1. The molecule has 1 fully saturated rings. The second kappa shape index (κ2) is 9.19. The van der Waals surface area contributed by atoms with Crippen LogP contribution in [0.25, 0.3) is 10.8 Å². The maximum atomic E-state index is 12.7. The molecular formula is C21H31N7O. The van der Waals surface area contributed by atoms with Crippen molar-refractivity contribution in [3.05, 3.63) is 36.0 Å². The predicted molar refractivity (Wildman–Crippen MR) is 117 cm³/mol. The van der Waals surface area contributed by atoms with Gasteiger partial charge in [0.2, 0.25) is 5.91 Å². The molecule has 0 unspecified atom stereocenters. The second-order valence-corrected chi connectivity index (χ2v) is 8.15. The van der Waals surface area contributed by atoms with Gasteiger partial charge in [-0.25, -0.2) is 10.8 Å². The number of anilines is 1. The number of pyridine rings is 1. The molecule has 1 aromatic carbocycles. The SMILES string of the molecule is CC(C)CN1CCC(C(=O)Nc2cc3cc(/C(=N/N)N(C)N)ccc3cn2)CC1. The van der Waals surface area contributed by atoms with Gasteiger partial charge in [0.05, 0.1) is 0 Å². The van der Waals surface area contributed by atoms with Gasteiger partial charge in [0.25, 0.3) is 0 Å². The van der Waals surface area contributed by atoms with Crippen LogP contribution >= 0.6 is 0 Å². The normalized spacial score (nSPS) is 16.4. The number of likely N-dealkylation sites (tertiary alicyclic amines) is 1. The molecule has 0 radical (unpaired) electrons. The molecule has 29 heavy (non-hydrogen) atoms. The van der Waals surface area contributed by atoms with Gasteiger partial charge in [-0.05, 0) is 49.4 Å². The molecule has 1 amide bonds. The fourth-order valence-corrected chi connectivity index (χ4v) is 3.84. The van der Waals surface area contributed by atoms with Gasteiger partial charge in [-0.3, -0.25) is 9.80 Å². The summed E-state index contributed by atoms with van der Waals surface area (Å²) in [5.41, 5.74) is 0.797. The number of hydrogen-bond donors (Lipinski definition) is 3. The molecule has 0 aliphatic carbocycles. The number of nitrogens with zero attached hydrogens (tertiary/aromatic N) is 4. The zero-order chi connectivity index (χ0) is 21.0. The first-order chi connectivity index (χ1) is 13.9. The first kappa shape index (κ1) is 21.0. The van der Waals surface area contributed by atoms with E-state index in [9.17, 15) is 4.79 Å². The molecule has 1 saturated heterocycles. The summed E-state index contributed by atoms with van der Waals surface area (Å²) in [5.74, 6) is 13.0. The number of fused-ring (bicyclic) bond motifs is 1. The summed E-state index contributed by atoms with van der Waals surface area (Å²) in [6.45, 7) is 7.49. The van der Waals surface area contributed by atoms with E-state index in [0.717, 1.165) is 48.8 Å². The Balaban J connectivity index is 1.69. The molecule has 0 atom stereocenters. The van der Waals surface area contributed by atoms with Crippen molar-refractivity contribution >= 4 is 28.3 Å². The lowest BCUT2D eigenvalue weighted by Gasteiger charge is -2.32. The van der Waals surface area contributed by atoms with Crippen LogP contribution < -0.4 is 17.0 Å². The van der Waals surface area contributed by atoms with E-state index in [0.29, 0.717) is 17.6 Å². The number of aromatic nitrogens is 1. The average molecular weight is 398 g/mol. The van der Waals surface area contributed by atoms with Crippen LogP contribution in [0.4, 0.5) is 5.82 Å². The molecular weight excluding hydrogens is 366 g/mol. The number of amides is 1. The predicted octanol–water partition coefficient (Wildman–Crippen LogP) is 1.97. The minimum atomic E-state index is 0.0316. The van der Waals surface area contributed by atoms with Gasteiger partial charge in [-0.1, -0.05) is 26.0 Å². The van der Waals surface area contributed by atoms with Crippen LogP contribution in [-0.4, -0.2) is 53.3 Å². The van der Waals surface area contributed by atoms with Gasteiger partial charge in [0, 0.05) is 36.7 Å². The van der Waals surface area contributed by atoms with Crippen LogP contribution in [0.2, 0.25) is 0 Å². The van der Waals surface area contributed by atoms with Crippen LogP contribution in [0.1, 0.15) is 32.3 Å². The van der Waals surface area contributed by atoms with Crippen molar-refractivity contribution in [2.24, 2.45) is 28.6 Å². The fourth-order valence-electron chi connectivity index (χ4n) is 3.84. The molecule has 5 N–H and O–H groups in total. The fraction of sp³-hybridized carbons (Fsp3) is 0.476. The Morgan fingerprint density at radius 2 is 2.03 bits per heavy atom. The van der Waals surface area contributed by atoms with Crippen molar-refractivity contribution in [3.63, 3.8) is 0 Å². The van der Waals surface area contributed by atoms with Crippen molar-refractivity contribution in [3.8, 4) is 0 Å². The lowest BCUT2D eigenvalue weighted by atomic mass is 9.95. The third-order valence-electron chi connectivity index (χ3n) is 5.27. The Labute approximate surface area is 171 Å². The van der Waals surface area contributed by atoms with Gasteiger partial charge < -0.3 is 16.1 Å². The monoisotopic (exact) mass is 397 g/mol. The number of nitrogens with one attached hydrogen (secondary N) is 1. The molecule has 0 spiro atoms. The number of carbonyl (C=O) groups is 1. The number of nitrogens with two attached hydrogens (primary N) is 2. The Morgan fingerprint density at radius 1 is 1.31 bits per heavy atom. The maximum absolute atomic E-state index is 12.7. The van der Waals surface area contributed by atoms with E-state index >= 15 is 0 Å². The maximum Gasteiger partial charge on any atom is 0.228 e. The molecule has 8 nitrogen and oxygen atoms in total. The zero-order valence-corrected chi connectivity index (χ0v) is 17.4. The summed E-state index contributed by atoms with van der Waals surface area (Å²) >= 11 is 0. The number of hydrazine groups is 1. The van der Waals surface area contributed by atoms with Crippen LogP contribution in [-0.2, 0) is 4.79 Å². The Kier molecular flexibility index (Phi) is 6.66. The minimum absolute atomic E-state index is 0.0316. The second-order valence-electron chi connectivity index (χ2n) is 8.15. The van der Waals surface area contributed by atoms with Crippen molar-refractivity contribution in [2.45, 2.75) is 26.7 Å². The van der Waals surface area contributed by atoms with Gasteiger partial charge in [-0.2, -0.15) is 5.10 Å². The van der Waals surface area contributed by atoms with E-state index in [1.54, 1.807) is 13.2 Å². The number of hydrazone groups is 1. The van der Waals surface area contributed by atoms with Gasteiger partial charge >= 0.3 is 0 Å². The highest BCUT2D eigenvalue weighted by atomic mass is 16.1. The highest BCUT2D eigenvalue weighted by Crippen LogP contribution is 2.22. The van der Waals surface area contributed by atoms with Gasteiger partial charge in [0.1, 0.15) is 5.82 Å². The topological polar surface area (TPSA) is 113 Å². The highest BCUT2D eigenvalue weighted by molar-refractivity contribution is 6.02. The van der Waals surface area contributed by atoms with Crippen LogP contribution in [0.3, 0.4) is 0 Å². The molecule has 3 rings (SSSR count). The molecule has 1 aromatic heterocycles. The van der Waals surface area contributed by atoms with Crippen molar-refractivity contribution in [2.75, 3.05) is 32.0 Å². The molecule has 0 bridgehead atoms. The molecule has 8 heteroatoms. The van der Waals surface area contributed by atoms with Crippen LogP contribution in [0.15, 0.2) is 35.6 Å². The summed E-state index contributed by atoms with van der Waals surface area (Å²) in [5, 5.41) is 10.0. The molecule has 2 aromatic rings. The summed E-state index contributed by atoms with van der Waals surface area (Å²) in [4.78, 5) is 19.5. The molecule has 156 valence electrons. The molecule has 1 aliphatic rings. The largest absolute Gasteiger partial charge is 0.321 e. The molecule has 2 heterocycles. The van der Waals surface area contributed by atoms with Crippen LogP contribution in [0.5, 0.6) is 0 Å². The Bertz CT molecular complexity index is 886. The standard InChI is InChI=1S/C21H31N7O/c1-14(2)13-28-8-6-15(7-9-28)21(29)25-19-11-18-10-16(20(26-22)27(3)23)4-5-17(18)12-24-19/h4-5,10-12,14-15H,6-9,13,22-23H2,1-3H3,(H,24,25,29)/b26-20-. The average Bonchev–Trinajstić information content (AvgIpc) is 2.68. The third kappa shape index (κ3) is 5.21. The lowest BCUT2D eigenvalue weighted by Crippen LogP contribution is -2.39. The summed E-state index contributed by atoms with van der Waals surface area (Å²) < 4.78 is 0. The van der Waals surface area contributed by atoms with E-state index in [1.165, 1.54) is 5.01 Å². The van der Waals surface area contributed by atoms with Crippen molar-refractivity contribution in [1.29, 1.82) is 0 Å². The summed E-state index contributed by atoms with van der Waals surface area (Å²) in [6, 6.07) is 7.63. The number of piperidine rings is 1. The Hall–Kier alpha value is -2.71. The lowest BCUT2D eigenvalue weighted by molar-refractivity contribution is -0.121.